The van der Waals surface area contributed by atoms with Crippen molar-refractivity contribution in [3.63, 3.8) is 0 Å². The molecule has 2 nitrogen and oxygen atoms in total. The fourth-order valence-electron chi connectivity index (χ4n) is 0.694. The average Bonchev–Trinajstić information content (AvgIpc) is 2.09. The Morgan fingerprint density at radius 1 is 1.23 bits per heavy atom. The van der Waals surface area contributed by atoms with Gasteiger partial charge in [-0.25, -0.2) is 0 Å². The third-order valence-electron chi connectivity index (χ3n) is 1.22. The molecule has 0 aromatic heterocycles. The molecule has 0 rings (SSSR count). The van der Waals surface area contributed by atoms with Crippen LogP contribution < -0.4 is 0 Å². The Bertz CT molecular complexity index is 293. The smallest absolute Gasteiger partial charge is 0.0857 e. The number of hydrogen-bond acceptors (Lipinski definition) is 2. The Kier molecular flexibility index (Phi) is 5.12. The fraction of sp³-hybridized carbons (Fsp3) is 0.0909. The Balaban J connectivity index is 4.69. The zero-order chi connectivity index (χ0) is 10.3. The Morgan fingerprint density at radius 2 is 1.85 bits per heavy atom. The molecule has 2 heteroatoms. The lowest BCUT2D eigenvalue weighted by molar-refractivity contribution is 1.15. The molecule has 0 unspecified atom stereocenters. The van der Waals surface area contributed by atoms with Gasteiger partial charge in [-0.1, -0.05) is 44.0 Å². The lowest BCUT2D eigenvalue weighted by atomic mass is 10.1. The van der Waals surface area contributed by atoms with E-state index in [0.29, 0.717) is 5.70 Å². The molecule has 0 spiro atoms. The van der Waals surface area contributed by atoms with E-state index in [2.05, 4.69) is 36.5 Å². The van der Waals surface area contributed by atoms with Gasteiger partial charge >= 0.3 is 0 Å². The van der Waals surface area contributed by atoms with Gasteiger partial charge in [-0.3, -0.25) is 0 Å². The first-order chi connectivity index (χ1) is 6.11. The van der Waals surface area contributed by atoms with Crippen molar-refractivity contribution in [3.8, 4) is 0 Å². The van der Waals surface area contributed by atoms with Gasteiger partial charge in [0.1, 0.15) is 0 Å². The first kappa shape index (κ1) is 11.3. The van der Waals surface area contributed by atoms with Crippen LogP contribution in [0.1, 0.15) is 6.92 Å². The van der Waals surface area contributed by atoms with E-state index in [9.17, 15) is 0 Å². The summed E-state index contributed by atoms with van der Waals surface area (Å²) in [5, 5.41) is 7.42. The lowest BCUT2D eigenvalue weighted by Crippen LogP contribution is -1.80. The van der Waals surface area contributed by atoms with Crippen LogP contribution in [0.3, 0.4) is 0 Å². The number of allylic oxidation sites excluding steroid dienone is 3. The number of nitrogens with zero attached hydrogens (tertiary/aromatic N) is 2. The van der Waals surface area contributed by atoms with E-state index in [-0.39, 0.29) is 0 Å². The van der Waals surface area contributed by atoms with Gasteiger partial charge in [-0.15, -0.1) is 0 Å². The lowest BCUT2D eigenvalue weighted by Gasteiger charge is -1.98. The van der Waals surface area contributed by atoms with E-state index >= 15 is 0 Å². The Hall–Kier alpha value is -1.70. The van der Waals surface area contributed by atoms with E-state index in [1.54, 1.807) is 6.08 Å². The summed E-state index contributed by atoms with van der Waals surface area (Å²) in [4.78, 5) is 0. The topological polar surface area (TPSA) is 24.7 Å². The van der Waals surface area contributed by atoms with Crippen molar-refractivity contribution in [3.05, 3.63) is 61.5 Å². The number of rotatable bonds is 5. The standard InChI is InChI=1S/C11H14N2/c1-6-11(8-9(3)4)10(5)13-12-7-2/h6-8H,1-3,5H2,4H3/b11-8-,13-12?. The molecule has 0 aliphatic carbocycles. The van der Waals surface area contributed by atoms with Gasteiger partial charge in [0.15, 0.2) is 0 Å². The van der Waals surface area contributed by atoms with Crippen molar-refractivity contribution < 1.29 is 0 Å². The zero-order valence-electron chi connectivity index (χ0n) is 7.95. The molecule has 0 aliphatic rings. The molecular weight excluding hydrogens is 160 g/mol. The second-order valence-corrected chi connectivity index (χ2v) is 2.49. The van der Waals surface area contributed by atoms with Gasteiger partial charge in [0.25, 0.3) is 0 Å². The monoisotopic (exact) mass is 174 g/mol. The molecule has 0 bridgehead atoms. The summed E-state index contributed by atoms with van der Waals surface area (Å²) in [6, 6.07) is 0. The third-order valence-corrected chi connectivity index (χ3v) is 1.22. The molecule has 0 heterocycles. The number of hydrogen-bond donors (Lipinski definition) is 0. The first-order valence-electron chi connectivity index (χ1n) is 3.82. The van der Waals surface area contributed by atoms with Crippen molar-refractivity contribution in [1.82, 2.24) is 0 Å². The van der Waals surface area contributed by atoms with Crippen molar-refractivity contribution in [1.29, 1.82) is 0 Å². The van der Waals surface area contributed by atoms with Crippen LogP contribution in [-0.4, -0.2) is 0 Å². The van der Waals surface area contributed by atoms with Gasteiger partial charge in [0, 0.05) is 11.8 Å². The van der Waals surface area contributed by atoms with Crippen LogP contribution in [0, 0.1) is 0 Å². The van der Waals surface area contributed by atoms with Crippen LogP contribution in [0.5, 0.6) is 0 Å². The molecule has 0 saturated heterocycles. The summed E-state index contributed by atoms with van der Waals surface area (Å²) < 4.78 is 0. The predicted molar refractivity (Wildman–Crippen MR) is 57.3 cm³/mol. The highest BCUT2D eigenvalue weighted by Crippen LogP contribution is 2.12. The second-order valence-electron chi connectivity index (χ2n) is 2.49. The summed E-state index contributed by atoms with van der Waals surface area (Å²) in [6.45, 7) is 16.4. The largest absolute Gasteiger partial charge is 0.159 e. The number of azo groups is 1. The highest BCUT2D eigenvalue weighted by molar-refractivity contribution is 5.40. The van der Waals surface area contributed by atoms with Gasteiger partial charge < -0.3 is 0 Å². The summed E-state index contributed by atoms with van der Waals surface area (Å²) in [6.07, 6.45) is 4.86. The molecule has 0 N–H and O–H groups in total. The van der Waals surface area contributed by atoms with Crippen LogP contribution in [0.15, 0.2) is 71.7 Å². The van der Waals surface area contributed by atoms with Crippen molar-refractivity contribution in [2.24, 2.45) is 10.2 Å². The van der Waals surface area contributed by atoms with Crippen LogP contribution in [0.25, 0.3) is 0 Å². The second kappa shape index (κ2) is 5.89. The molecule has 68 valence electrons. The quantitative estimate of drug-likeness (QED) is 0.447. The fourth-order valence-corrected chi connectivity index (χ4v) is 0.694. The maximum atomic E-state index is 3.80. The first-order valence-corrected chi connectivity index (χ1v) is 3.82. The van der Waals surface area contributed by atoms with Crippen molar-refractivity contribution in [2.45, 2.75) is 6.92 Å². The highest BCUT2D eigenvalue weighted by atomic mass is 15.1. The van der Waals surface area contributed by atoms with E-state index in [0.717, 1.165) is 11.1 Å². The zero-order valence-corrected chi connectivity index (χ0v) is 7.95. The summed E-state index contributed by atoms with van der Waals surface area (Å²) >= 11 is 0. The van der Waals surface area contributed by atoms with Gasteiger partial charge in [0.05, 0.1) is 5.70 Å². The van der Waals surface area contributed by atoms with Crippen LogP contribution in [0.4, 0.5) is 0 Å². The predicted octanol–water partition coefficient (Wildman–Crippen LogP) is 3.78. The maximum Gasteiger partial charge on any atom is 0.0857 e. The molecule has 0 amide bonds. The van der Waals surface area contributed by atoms with Crippen molar-refractivity contribution >= 4 is 0 Å². The average molecular weight is 174 g/mol. The highest BCUT2D eigenvalue weighted by Gasteiger charge is 1.95. The van der Waals surface area contributed by atoms with E-state index in [4.69, 9.17) is 0 Å². The Labute approximate surface area is 79.4 Å². The molecule has 0 aliphatic heterocycles. The molecular formula is C11H14N2. The summed E-state index contributed by atoms with van der Waals surface area (Å²) in [5.41, 5.74) is 2.29. The van der Waals surface area contributed by atoms with Gasteiger partial charge in [0.2, 0.25) is 0 Å². The summed E-state index contributed by atoms with van der Waals surface area (Å²) in [7, 11) is 0. The maximum absolute atomic E-state index is 3.80. The summed E-state index contributed by atoms with van der Waals surface area (Å²) in [5.74, 6) is 0. The molecule has 13 heavy (non-hydrogen) atoms. The minimum atomic E-state index is 0.554. The normalized spacial score (nSPS) is 11.3. The van der Waals surface area contributed by atoms with Crippen LogP contribution >= 0.6 is 0 Å². The van der Waals surface area contributed by atoms with Crippen molar-refractivity contribution in [2.75, 3.05) is 0 Å². The third kappa shape index (κ3) is 4.69. The minimum Gasteiger partial charge on any atom is -0.159 e. The van der Waals surface area contributed by atoms with E-state index in [1.807, 2.05) is 13.0 Å². The molecule has 0 radical (unpaired) electrons. The molecule has 0 fully saturated rings. The van der Waals surface area contributed by atoms with E-state index in [1.165, 1.54) is 6.20 Å². The van der Waals surface area contributed by atoms with E-state index < -0.39 is 0 Å². The Morgan fingerprint density at radius 3 is 2.23 bits per heavy atom. The van der Waals surface area contributed by atoms with Crippen LogP contribution in [-0.2, 0) is 0 Å². The molecule has 0 saturated carbocycles. The van der Waals surface area contributed by atoms with Gasteiger partial charge in [-0.2, -0.15) is 10.2 Å². The SMILES string of the molecule is C=CN=NC(=C)/C(C=C)=C\C(=C)C. The molecule has 0 atom stereocenters. The van der Waals surface area contributed by atoms with Gasteiger partial charge in [-0.05, 0) is 6.92 Å². The molecule has 0 aromatic carbocycles. The minimum absolute atomic E-state index is 0.554. The molecule has 0 aromatic rings. The van der Waals surface area contributed by atoms with Crippen LogP contribution in [0.2, 0.25) is 0 Å².